The zero-order chi connectivity index (χ0) is 26.0. The van der Waals surface area contributed by atoms with Crippen molar-refractivity contribution in [1.82, 2.24) is 4.90 Å². The summed E-state index contributed by atoms with van der Waals surface area (Å²) in [7, 11) is 0. The van der Waals surface area contributed by atoms with E-state index in [2.05, 4.69) is 4.85 Å². The van der Waals surface area contributed by atoms with Gasteiger partial charge in [0.15, 0.2) is 0 Å². The first-order valence-electron chi connectivity index (χ1n) is 11.5. The highest BCUT2D eigenvalue weighted by molar-refractivity contribution is 6.35. The molecule has 0 atom stereocenters. The standard InChI is InChI=1S/C28H25ClFN3O3/c1-18-24(14-13-23(31-4)25(18)29)33-26(34)28(2,3)32(27(33)35)15-8-16-36-20-11-12-21(22(30)17-20)19-9-6-5-7-10-19/h5-7,9-14,17H,8,15-16H2,1-3H3. The lowest BCUT2D eigenvalue weighted by Crippen LogP contribution is -2.44. The van der Waals surface area contributed by atoms with Crippen LogP contribution in [0.2, 0.25) is 5.02 Å². The number of benzene rings is 3. The second kappa shape index (κ2) is 10.00. The van der Waals surface area contributed by atoms with Crippen LogP contribution in [0.3, 0.4) is 0 Å². The molecule has 6 nitrogen and oxygen atoms in total. The summed E-state index contributed by atoms with van der Waals surface area (Å²) in [6, 6.07) is 16.6. The monoisotopic (exact) mass is 505 g/mol. The lowest BCUT2D eigenvalue weighted by atomic mass is 10.0. The zero-order valence-electron chi connectivity index (χ0n) is 20.2. The largest absolute Gasteiger partial charge is 0.493 e. The third-order valence-electron chi connectivity index (χ3n) is 6.34. The average Bonchev–Trinajstić information content (AvgIpc) is 3.03. The van der Waals surface area contributed by atoms with Crippen LogP contribution in [-0.2, 0) is 4.79 Å². The van der Waals surface area contributed by atoms with Gasteiger partial charge in [-0.05, 0) is 56.5 Å². The van der Waals surface area contributed by atoms with Crippen LogP contribution in [-0.4, -0.2) is 35.5 Å². The molecule has 3 amide bonds. The molecule has 4 rings (SSSR count). The number of nitrogens with zero attached hydrogens (tertiary/aromatic N) is 3. The molecule has 0 radical (unpaired) electrons. The van der Waals surface area contributed by atoms with Gasteiger partial charge in [-0.25, -0.2) is 18.9 Å². The molecule has 1 saturated heterocycles. The van der Waals surface area contributed by atoms with Crippen molar-refractivity contribution in [3.05, 3.63) is 88.5 Å². The van der Waals surface area contributed by atoms with E-state index in [9.17, 15) is 14.0 Å². The quantitative estimate of drug-likeness (QED) is 0.197. The summed E-state index contributed by atoms with van der Waals surface area (Å²) in [5.74, 6) is -0.363. The molecule has 184 valence electrons. The molecule has 3 aromatic carbocycles. The third kappa shape index (κ3) is 4.52. The Bertz CT molecular complexity index is 1370. The van der Waals surface area contributed by atoms with Gasteiger partial charge in [0.05, 0.1) is 23.9 Å². The number of amides is 3. The van der Waals surface area contributed by atoms with Gasteiger partial charge in [-0.1, -0.05) is 48.0 Å². The third-order valence-corrected chi connectivity index (χ3v) is 6.82. The second-order valence-electron chi connectivity index (χ2n) is 9.00. The predicted octanol–water partition coefficient (Wildman–Crippen LogP) is 7.02. The van der Waals surface area contributed by atoms with E-state index < -0.39 is 11.6 Å². The van der Waals surface area contributed by atoms with Gasteiger partial charge in [0.2, 0.25) is 5.69 Å². The van der Waals surface area contributed by atoms with Crippen LogP contribution in [0, 0.1) is 19.3 Å². The van der Waals surface area contributed by atoms with E-state index in [4.69, 9.17) is 22.9 Å². The van der Waals surface area contributed by atoms with Gasteiger partial charge in [0.1, 0.15) is 17.1 Å². The lowest BCUT2D eigenvalue weighted by Gasteiger charge is -2.27. The fourth-order valence-corrected chi connectivity index (χ4v) is 4.46. The van der Waals surface area contributed by atoms with Crippen molar-refractivity contribution in [2.24, 2.45) is 0 Å². The smallest absolute Gasteiger partial charge is 0.332 e. The van der Waals surface area contributed by atoms with E-state index >= 15 is 0 Å². The molecule has 36 heavy (non-hydrogen) atoms. The van der Waals surface area contributed by atoms with E-state index in [1.54, 1.807) is 39.0 Å². The second-order valence-corrected chi connectivity index (χ2v) is 9.38. The number of halogens is 2. The number of imide groups is 1. The Morgan fingerprint density at radius 1 is 1.08 bits per heavy atom. The van der Waals surface area contributed by atoms with Gasteiger partial charge in [0.25, 0.3) is 5.91 Å². The first kappa shape index (κ1) is 25.2. The summed E-state index contributed by atoms with van der Waals surface area (Å²) >= 11 is 6.28. The molecule has 1 fully saturated rings. The molecule has 1 heterocycles. The molecule has 0 bridgehead atoms. The summed E-state index contributed by atoms with van der Waals surface area (Å²) in [6.45, 7) is 12.8. The van der Waals surface area contributed by atoms with Crippen LogP contribution in [0.15, 0.2) is 60.7 Å². The Hall–Kier alpha value is -3.89. The number of hydrogen-bond donors (Lipinski definition) is 0. The van der Waals surface area contributed by atoms with E-state index in [0.717, 1.165) is 10.5 Å². The molecular formula is C28H25ClFN3O3. The fraction of sp³-hybridized carbons (Fsp3) is 0.250. The predicted molar refractivity (Wildman–Crippen MR) is 138 cm³/mol. The summed E-state index contributed by atoms with van der Waals surface area (Å²) in [4.78, 5) is 32.4. The maximum atomic E-state index is 14.6. The highest BCUT2D eigenvalue weighted by Gasteiger charge is 2.51. The summed E-state index contributed by atoms with van der Waals surface area (Å²) < 4.78 is 20.3. The van der Waals surface area contributed by atoms with Crippen molar-refractivity contribution in [2.45, 2.75) is 32.7 Å². The molecule has 0 aromatic heterocycles. The first-order valence-corrected chi connectivity index (χ1v) is 11.8. The van der Waals surface area contributed by atoms with Crippen LogP contribution in [0.1, 0.15) is 25.8 Å². The molecule has 3 aromatic rings. The SMILES string of the molecule is [C-]#[N+]c1ccc(N2C(=O)N(CCCOc3ccc(-c4ccccc4)c(F)c3)C(C)(C)C2=O)c(C)c1Cl. The van der Waals surface area contributed by atoms with Gasteiger partial charge >= 0.3 is 6.03 Å². The highest BCUT2D eigenvalue weighted by atomic mass is 35.5. The molecule has 0 spiro atoms. The minimum absolute atomic E-state index is 0.221. The Labute approximate surface area is 214 Å². The maximum Gasteiger partial charge on any atom is 0.332 e. The van der Waals surface area contributed by atoms with Gasteiger partial charge < -0.3 is 9.64 Å². The first-order chi connectivity index (χ1) is 17.2. The number of hydrogen-bond acceptors (Lipinski definition) is 3. The number of ether oxygens (including phenoxy) is 1. The Morgan fingerprint density at radius 2 is 1.81 bits per heavy atom. The van der Waals surface area contributed by atoms with E-state index in [-0.39, 0.29) is 35.6 Å². The van der Waals surface area contributed by atoms with Gasteiger partial charge in [0, 0.05) is 18.2 Å². The van der Waals surface area contributed by atoms with E-state index in [1.807, 2.05) is 30.3 Å². The highest BCUT2D eigenvalue weighted by Crippen LogP contribution is 2.39. The van der Waals surface area contributed by atoms with Crippen LogP contribution < -0.4 is 9.64 Å². The van der Waals surface area contributed by atoms with Crippen LogP contribution in [0.5, 0.6) is 5.75 Å². The Morgan fingerprint density at radius 3 is 2.47 bits per heavy atom. The van der Waals surface area contributed by atoms with Gasteiger partial charge in [-0.15, -0.1) is 0 Å². The van der Waals surface area contributed by atoms with Crippen molar-refractivity contribution >= 4 is 34.9 Å². The van der Waals surface area contributed by atoms with Gasteiger partial charge in [-0.3, -0.25) is 4.79 Å². The van der Waals surface area contributed by atoms with Crippen molar-refractivity contribution in [1.29, 1.82) is 0 Å². The molecule has 0 aliphatic carbocycles. The van der Waals surface area contributed by atoms with Crippen LogP contribution >= 0.6 is 11.6 Å². The number of carbonyl (C=O) groups excluding carboxylic acids is 2. The van der Waals surface area contributed by atoms with Crippen molar-refractivity contribution in [3.8, 4) is 16.9 Å². The molecule has 1 aliphatic rings. The number of anilines is 1. The summed E-state index contributed by atoms with van der Waals surface area (Å²) in [6.07, 6.45) is 0.439. The van der Waals surface area contributed by atoms with Crippen LogP contribution in [0.4, 0.5) is 20.6 Å². The molecule has 0 N–H and O–H groups in total. The molecule has 8 heteroatoms. The van der Waals surface area contributed by atoms with Gasteiger partial charge in [-0.2, -0.15) is 0 Å². The fourth-order valence-electron chi connectivity index (χ4n) is 4.26. The van der Waals surface area contributed by atoms with Crippen molar-refractivity contribution in [3.63, 3.8) is 0 Å². The molecule has 1 aliphatic heterocycles. The summed E-state index contributed by atoms with van der Waals surface area (Å²) in [5, 5.41) is 0.221. The number of rotatable bonds is 7. The lowest BCUT2D eigenvalue weighted by molar-refractivity contribution is -0.123. The van der Waals surface area contributed by atoms with Crippen molar-refractivity contribution in [2.75, 3.05) is 18.1 Å². The topological polar surface area (TPSA) is 54.2 Å². The Balaban J connectivity index is 1.42. The molecule has 0 unspecified atom stereocenters. The minimum atomic E-state index is -1.07. The summed E-state index contributed by atoms with van der Waals surface area (Å²) in [5.41, 5.74) is 1.32. The maximum absolute atomic E-state index is 14.6. The normalized spacial score (nSPS) is 14.8. The Kier molecular flexibility index (Phi) is 7.00. The van der Waals surface area contributed by atoms with E-state index in [0.29, 0.717) is 29.0 Å². The number of urea groups is 1. The number of carbonyl (C=O) groups is 2. The zero-order valence-corrected chi connectivity index (χ0v) is 21.0. The van der Waals surface area contributed by atoms with Crippen LogP contribution in [0.25, 0.3) is 16.0 Å². The minimum Gasteiger partial charge on any atom is -0.493 e. The van der Waals surface area contributed by atoms with Crippen molar-refractivity contribution < 1.29 is 18.7 Å². The average molecular weight is 506 g/mol. The van der Waals surface area contributed by atoms with E-state index in [1.165, 1.54) is 17.0 Å². The molecule has 0 saturated carbocycles. The molecular weight excluding hydrogens is 481 g/mol.